The molecule has 4 nitrogen and oxygen atoms in total. The Morgan fingerprint density at radius 2 is 1.89 bits per heavy atom. The van der Waals surface area contributed by atoms with Crippen LogP contribution in [0.25, 0.3) is 32.8 Å². The molecule has 4 rings (SSSR count). The van der Waals surface area contributed by atoms with Crippen molar-refractivity contribution in [2.45, 2.75) is 0 Å². The lowest BCUT2D eigenvalue weighted by Gasteiger charge is -1.99. The average molecular weight is 251 g/mol. The van der Waals surface area contributed by atoms with Crippen LogP contribution in [0.15, 0.2) is 51.7 Å². The number of rotatable bonds is 0. The van der Waals surface area contributed by atoms with Gasteiger partial charge >= 0.3 is 0 Å². The summed E-state index contributed by atoms with van der Waals surface area (Å²) in [5.74, 6) is 0.140. The van der Waals surface area contributed by atoms with Gasteiger partial charge in [-0.1, -0.05) is 18.2 Å². The van der Waals surface area contributed by atoms with Gasteiger partial charge in [-0.25, -0.2) is 0 Å². The van der Waals surface area contributed by atoms with Gasteiger partial charge in [0.15, 0.2) is 0 Å². The summed E-state index contributed by atoms with van der Waals surface area (Å²) in [6.07, 6.45) is 0. The highest BCUT2D eigenvalue weighted by atomic mass is 16.3. The Kier molecular flexibility index (Phi) is 1.82. The van der Waals surface area contributed by atoms with Gasteiger partial charge in [0.25, 0.3) is 5.56 Å². The molecule has 92 valence electrons. The summed E-state index contributed by atoms with van der Waals surface area (Å²) in [5, 5.41) is 11.6. The maximum absolute atomic E-state index is 12.2. The summed E-state index contributed by atoms with van der Waals surface area (Å²) in [6.45, 7) is 0. The fourth-order valence-corrected chi connectivity index (χ4v) is 2.47. The molecule has 2 N–H and O–H groups in total. The minimum absolute atomic E-state index is 0.140. The first kappa shape index (κ1) is 10.2. The Morgan fingerprint density at radius 1 is 1.05 bits per heavy atom. The lowest BCUT2D eigenvalue weighted by atomic mass is 10.1. The summed E-state index contributed by atoms with van der Waals surface area (Å²) >= 11 is 0. The summed E-state index contributed by atoms with van der Waals surface area (Å²) in [7, 11) is 0. The van der Waals surface area contributed by atoms with E-state index in [1.807, 2.05) is 24.3 Å². The van der Waals surface area contributed by atoms with Crippen molar-refractivity contribution in [2.24, 2.45) is 0 Å². The van der Waals surface area contributed by atoms with Crippen molar-refractivity contribution in [1.29, 1.82) is 0 Å². The maximum atomic E-state index is 12.2. The second kappa shape index (κ2) is 3.38. The molecular weight excluding hydrogens is 242 g/mol. The van der Waals surface area contributed by atoms with Crippen molar-refractivity contribution in [3.63, 3.8) is 0 Å². The third-order valence-corrected chi connectivity index (χ3v) is 3.32. The fourth-order valence-electron chi connectivity index (χ4n) is 2.47. The molecule has 0 saturated heterocycles. The number of benzene rings is 2. The number of phenolic OH excluding ortho intramolecular Hbond substituents is 1. The van der Waals surface area contributed by atoms with Gasteiger partial charge in [-0.2, -0.15) is 0 Å². The predicted molar refractivity (Wildman–Crippen MR) is 73.5 cm³/mol. The van der Waals surface area contributed by atoms with Crippen molar-refractivity contribution >= 4 is 32.8 Å². The molecular formula is C15H9NO3. The summed E-state index contributed by atoms with van der Waals surface area (Å²) in [4.78, 5) is 15.0. The lowest BCUT2D eigenvalue weighted by molar-refractivity contribution is 0.476. The van der Waals surface area contributed by atoms with E-state index in [9.17, 15) is 9.90 Å². The number of hydrogen-bond donors (Lipinski definition) is 2. The Hall–Kier alpha value is -2.75. The van der Waals surface area contributed by atoms with Gasteiger partial charge in [-0.3, -0.25) is 4.79 Å². The van der Waals surface area contributed by atoms with E-state index >= 15 is 0 Å². The predicted octanol–water partition coefficient (Wildman–Crippen LogP) is 3.13. The van der Waals surface area contributed by atoms with Crippen LogP contribution in [-0.4, -0.2) is 10.1 Å². The van der Waals surface area contributed by atoms with Crippen LogP contribution in [0.5, 0.6) is 5.75 Å². The molecule has 0 bridgehead atoms. The van der Waals surface area contributed by atoms with Crippen LogP contribution >= 0.6 is 0 Å². The Balaban J connectivity index is 2.39. The number of aromatic hydroxyl groups is 1. The summed E-state index contributed by atoms with van der Waals surface area (Å²) < 4.78 is 5.77. The molecule has 0 fully saturated rings. The number of hydrogen-bond acceptors (Lipinski definition) is 3. The first-order valence-corrected chi connectivity index (χ1v) is 5.90. The van der Waals surface area contributed by atoms with E-state index in [-0.39, 0.29) is 11.3 Å². The van der Waals surface area contributed by atoms with Crippen LogP contribution in [0.1, 0.15) is 0 Å². The first-order valence-electron chi connectivity index (χ1n) is 5.90. The van der Waals surface area contributed by atoms with Crippen molar-refractivity contribution in [3.05, 3.63) is 52.8 Å². The Morgan fingerprint density at radius 3 is 2.79 bits per heavy atom. The molecule has 0 aliphatic heterocycles. The average Bonchev–Trinajstić information content (AvgIpc) is 2.80. The Bertz CT molecular complexity index is 995. The van der Waals surface area contributed by atoms with Gasteiger partial charge < -0.3 is 14.5 Å². The number of aromatic nitrogens is 1. The topological polar surface area (TPSA) is 66.2 Å². The standard InChI is InChI=1S/C15H9NO3/c17-8-5-6-11-10(7-8)14-13(15(18)16-11)9-3-1-2-4-12(9)19-14/h1-7,17H,(H,16,18). The zero-order chi connectivity index (χ0) is 13.0. The number of pyridine rings is 1. The molecule has 0 amide bonds. The molecule has 0 saturated carbocycles. The summed E-state index contributed by atoms with van der Waals surface area (Å²) in [5.41, 5.74) is 1.64. The monoisotopic (exact) mass is 251 g/mol. The van der Waals surface area contributed by atoms with E-state index in [4.69, 9.17) is 4.42 Å². The first-order chi connectivity index (χ1) is 9.24. The van der Waals surface area contributed by atoms with Gasteiger partial charge in [-0.05, 0) is 24.3 Å². The van der Waals surface area contributed by atoms with Crippen molar-refractivity contribution < 1.29 is 9.52 Å². The molecule has 2 aromatic carbocycles. The zero-order valence-corrected chi connectivity index (χ0v) is 9.81. The number of phenols is 1. The third kappa shape index (κ3) is 1.31. The number of aromatic amines is 1. The normalized spacial score (nSPS) is 11.6. The molecule has 4 aromatic rings. The van der Waals surface area contributed by atoms with Crippen LogP contribution in [-0.2, 0) is 0 Å². The molecule has 0 aliphatic rings. The molecule has 4 heteroatoms. The molecule has 0 atom stereocenters. The largest absolute Gasteiger partial charge is 0.508 e. The minimum Gasteiger partial charge on any atom is -0.508 e. The van der Waals surface area contributed by atoms with E-state index in [1.54, 1.807) is 12.1 Å². The van der Waals surface area contributed by atoms with Gasteiger partial charge in [0.05, 0.1) is 10.9 Å². The van der Waals surface area contributed by atoms with E-state index in [1.165, 1.54) is 6.07 Å². The SMILES string of the molecule is O=c1[nH]c2ccc(O)cc2c2oc3ccccc3c12. The van der Waals surface area contributed by atoms with E-state index in [0.29, 0.717) is 27.5 Å². The number of para-hydroxylation sites is 1. The zero-order valence-electron chi connectivity index (χ0n) is 9.81. The minimum atomic E-state index is -0.182. The molecule has 0 radical (unpaired) electrons. The number of furan rings is 1. The quantitative estimate of drug-likeness (QED) is 0.504. The van der Waals surface area contributed by atoms with Crippen LogP contribution in [0, 0.1) is 0 Å². The second-order valence-electron chi connectivity index (χ2n) is 4.49. The smallest absolute Gasteiger partial charge is 0.260 e. The van der Waals surface area contributed by atoms with Gasteiger partial charge in [-0.15, -0.1) is 0 Å². The molecule has 19 heavy (non-hydrogen) atoms. The number of fused-ring (bicyclic) bond motifs is 5. The van der Waals surface area contributed by atoms with E-state index in [0.717, 1.165) is 5.39 Å². The third-order valence-electron chi connectivity index (χ3n) is 3.32. The molecule has 2 aromatic heterocycles. The van der Waals surface area contributed by atoms with E-state index < -0.39 is 0 Å². The number of H-pyrrole nitrogens is 1. The highest BCUT2D eigenvalue weighted by molar-refractivity contribution is 6.13. The van der Waals surface area contributed by atoms with Gasteiger partial charge in [0.1, 0.15) is 16.9 Å². The maximum Gasteiger partial charge on any atom is 0.260 e. The van der Waals surface area contributed by atoms with Gasteiger partial charge in [0.2, 0.25) is 0 Å². The summed E-state index contributed by atoms with van der Waals surface area (Å²) in [6, 6.07) is 12.2. The van der Waals surface area contributed by atoms with Crippen molar-refractivity contribution in [1.82, 2.24) is 4.98 Å². The second-order valence-corrected chi connectivity index (χ2v) is 4.49. The van der Waals surface area contributed by atoms with Crippen LogP contribution in [0.2, 0.25) is 0 Å². The van der Waals surface area contributed by atoms with Crippen molar-refractivity contribution in [3.8, 4) is 5.75 Å². The molecule has 2 heterocycles. The van der Waals surface area contributed by atoms with Crippen LogP contribution in [0.4, 0.5) is 0 Å². The molecule has 0 spiro atoms. The highest BCUT2D eigenvalue weighted by Crippen LogP contribution is 2.31. The molecule has 0 aliphatic carbocycles. The highest BCUT2D eigenvalue weighted by Gasteiger charge is 2.13. The van der Waals surface area contributed by atoms with Crippen molar-refractivity contribution in [2.75, 3.05) is 0 Å². The fraction of sp³-hybridized carbons (Fsp3) is 0. The Labute approximate surface area is 106 Å². The number of nitrogens with one attached hydrogen (secondary N) is 1. The van der Waals surface area contributed by atoms with Crippen LogP contribution in [0.3, 0.4) is 0 Å². The lowest BCUT2D eigenvalue weighted by Crippen LogP contribution is -2.04. The van der Waals surface area contributed by atoms with Gasteiger partial charge in [0, 0.05) is 10.8 Å². The van der Waals surface area contributed by atoms with Crippen LogP contribution < -0.4 is 5.56 Å². The van der Waals surface area contributed by atoms with E-state index in [2.05, 4.69) is 4.98 Å². The molecule has 0 unspecified atom stereocenters.